The first-order chi connectivity index (χ1) is 16.6. The molecule has 182 valence electrons. The van der Waals surface area contributed by atoms with E-state index in [1.807, 2.05) is 0 Å². The topological polar surface area (TPSA) is 62.2 Å². The van der Waals surface area contributed by atoms with Gasteiger partial charge in [0.05, 0.1) is 13.2 Å². The third kappa shape index (κ3) is 7.06. The molecule has 2 heterocycles. The summed E-state index contributed by atoms with van der Waals surface area (Å²) in [6.07, 6.45) is 4.86. The van der Waals surface area contributed by atoms with Crippen molar-refractivity contribution in [2.45, 2.75) is 24.9 Å². The summed E-state index contributed by atoms with van der Waals surface area (Å²) in [7, 11) is 0. The summed E-state index contributed by atoms with van der Waals surface area (Å²) in [5.74, 6) is 1.12. The number of β-amino-alcohol motifs (C(OH)–C–C–N with tert-alkyl or cyclic N) is 1. The third-order valence-electron chi connectivity index (χ3n) is 6.46. The second kappa shape index (κ2) is 12.4. The van der Waals surface area contributed by atoms with Crippen LogP contribution in [-0.4, -0.2) is 79.5 Å². The van der Waals surface area contributed by atoms with Gasteiger partial charge in [-0.1, -0.05) is 41.9 Å². The van der Waals surface area contributed by atoms with E-state index in [-0.39, 0.29) is 12.5 Å². The lowest BCUT2D eigenvalue weighted by Gasteiger charge is -2.33. The van der Waals surface area contributed by atoms with E-state index in [9.17, 15) is 9.90 Å². The number of piperidine rings is 1. The summed E-state index contributed by atoms with van der Waals surface area (Å²) in [5, 5.41) is 11.2. The quantitative estimate of drug-likeness (QED) is 0.577. The molecule has 7 heteroatoms. The molecule has 0 spiro atoms. The van der Waals surface area contributed by atoms with Crippen molar-refractivity contribution in [2.24, 2.45) is 0 Å². The van der Waals surface area contributed by atoms with Gasteiger partial charge in [0.25, 0.3) is 0 Å². The van der Waals surface area contributed by atoms with Crippen LogP contribution < -0.4 is 4.74 Å². The van der Waals surface area contributed by atoms with Crippen LogP contribution in [0.15, 0.2) is 54.6 Å². The predicted molar refractivity (Wildman–Crippen MR) is 134 cm³/mol. The van der Waals surface area contributed by atoms with E-state index >= 15 is 0 Å². The summed E-state index contributed by atoms with van der Waals surface area (Å²) >= 11 is 6.17. The minimum atomic E-state index is -0.601. The molecule has 4 rings (SSSR count). The van der Waals surface area contributed by atoms with Gasteiger partial charge < -0.3 is 24.4 Å². The molecule has 2 aromatic rings. The van der Waals surface area contributed by atoms with E-state index in [4.69, 9.17) is 21.1 Å². The van der Waals surface area contributed by atoms with Crippen molar-refractivity contribution in [3.8, 4) is 5.75 Å². The van der Waals surface area contributed by atoms with E-state index in [0.717, 1.165) is 25.9 Å². The number of benzene rings is 2. The molecular formula is C27H33ClN2O4. The first-order valence-electron chi connectivity index (χ1n) is 12.0. The number of carbonyl (C=O) groups excluding carboxylic acids is 1. The van der Waals surface area contributed by atoms with E-state index in [2.05, 4.69) is 35.2 Å². The molecule has 0 aliphatic carbocycles. The summed E-state index contributed by atoms with van der Waals surface area (Å²) in [4.78, 5) is 16.5. The van der Waals surface area contributed by atoms with Gasteiger partial charge >= 0.3 is 0 Å². The number of morpholine rings is 1. The van der Waals surface area contributed by atoms with Gasteiger partial charge in [0, 0.05) is 36.3 Å². The molecule has 1 unspecified atom stereocenters. The van der Waals surface area contributed by atoms with Crippen LogP contribution in [0.25, 0.3) is 6.08 Å². The predicted octanol–water partition coefficient (Wildman–Crippen LogP) is 3.83. The van der Waals surface area contributed by atoms with Crippen LogP contribution in [0.1, 0.15) is 29.9 Å². The monoisotopic (exact) mass is 484 g/mol. The molecule has 2 saturated heterocycles. The fraction of sp³-hybridized carbons (Fsp3) is 0.444. The molecule has 1 amide bonds. The van der Waals surface area contributed by atoms with Gasteiger partial charge in [0.15, 0.2) is 0 Å². The maximum absolute atomic E-state index is 12.4. The Kier molecular flexibility index (Phi) is 8.99. The number of nitrogens with zero attached hydrogens (tertiary/aromatic N) is 2. The summed E-state index contributed by atoms with van der Waals surface area (Å²) in [6.45, 7) is 5.01. The Balaban J connectivity index is 1.27. The third-order valence-corrected chi connectivity index (χ3v) is 6.69. The van der Waals surface area contributed by atoms with Crippen LogP contribution in [0.5, 0.6) is 5.75 Å². The second-order valence-corrected chi connectivity index (χ2v) is 9.34. The number of carbonyl (C=O) groups is 1. The van der Waals surface area contributed by atoms with E-state index in [0.29, 0.717) is 55.1 Å². The molecular weight excluding hydrogens is 452 g/mol. The highest BCUT2D eigenvalue weighted by Gasteiger charge is 2.22. The Morgan fingerprint density at radius 3 is 2.59 bits per heavy atom. The second-order valence-electron chi connectivity index (χ2n) is 8.90. The Morgan fingerprint density at radius 1 is 1.12 bits per heavy atom. The minimum absolute atomic E-state index is 0.0619. The number of ether oxygens (including phenoxy) is 2. The van der Waals surface area contributed by atoms with Crippen LogP contribution >= 0.6 is 11.6 Å². The normalized spacial score (nSPS) is 18.8. The first-order valence-corrected chi connectivity index (χ1v) is 12.4. The first kappa shape index (κ1) is 24.7. The highest BCUT2D eigenvalue weighted by atomic mass is 35.5. The maximum Gasteiger partial charge on any atom is 0.246 e. The average molecular weight is 485 g/mol. The van der Waals surface area contributed by atoms with Gasteiger partial charge in [-0.2, -0.15) is 0 Å². The summed E-state index contributed by atoms with van der Waals surface area (Å²) < 4.78 is 11.2. The molecule has 0 radical (unpaired) electrons. The number of hydrogen-bond donors (Lipinski definition) is 1. The Labute approximate surface area is 206 Å². The molecule has 6 nitrogen and oxygen atoms in total. The molecule has 1 atom stereocenters. The van der Waals surface area contributed by atoms with E-state index in [1.54, 1.807) is 29.2 Å². The SMILES string of the molecule is O=C(C=Cc1cc(Cl)ccc1OCC(O)CN1CCC(c2ccccc2)CC1)N1CCOCC1. The van der Waals surface area contributed by atoms with Crippen molar-refractivity contribution < 1.29 is 19.4 Å². The van der Waals surface area contributed by atoms with Crippen LogP contribution in [0.3, 0.4) is 0 Å². The molecule has 2 aromatic carbocycles. The molecule has 2 aliphatic rings. The van der Waals surface area contributed by atoms with Gasteiger partial charge in [-0.05, 0) is 61.7 Å². The van der Waals surface area contributed by atoms with Crippen LogP contribution in [-0.2, 0) is 9.53 Å². The molecule has 0 aromatic heterocycles. The van der Waals surface area contributed by atoms with Crippen molar-refractivity contribution in [1.82, 2.24) is 9.80 Å². The average Bonchev–Trinajstić information content (AvgIpc) is 2.88. The van der Waals surface area contributed by atoms with Crippen molar-refractivity contribution in [2.75, 3.05) is 52.5 Å². The Bertz CT molecular complexity index is 954. The number of halogens is 1. The van der Waals surface area contributed by atoms with Crippen molar-refractivity contribution in [1.29, 1.82) is 0 Å². The molecule has 2 aliphatic heterocycles. The summed E-state index contributed by atoms with van der Waals surface area (Å²) in [5.41, 5.74) is 2.12. The molecule has 0 saturated carbocycles. The van der Waals surface area contributed by atoms with Crippen molar-refractivity contribution in [3.63, 3.8) is 0 Å². The van der Waals surface area contributed by atoms with Gasteiger partial charge in [-0.15, -0.1) is 0 Å². The number of aliphatic hydroxyl groups excluding tert-OH is 1. The fourth-order valence-electron chi connectivity index (χ4n) is 4.54. The molecule has 34 heavy (non-hydrogen) atoms. The fourth-order valence-corrected chi connectivity index (χ4v) is 4.72. The maximum atomic E-state index is 12.4. The molecule has 0 bridgehead atoms. The summed E-state index contributed by atoms with van der Waals surface area (Å²) in [6, 6.07) is 16.0. The number of likely N-dealkylation sites (tertiary alicyclic amines) is 1. The molecule has 1 N–H and O–H groups in total. The number of rotatable bonds is 8. The largest absolute Gasteiger partial charge is 0.490 e. The van der Waals surface area contributed by atoms with E-state index < -0.39 is 6.10 Å². The standard InChI is InChI=1S/C27H33ClN2O4/c28-24-7-8-26(23(18-24)6-9-27(32)30-14-16-33-17-15-30)34-20-25(31)19-29-12-10-22(11-13-29)21-4-2-1-3-5-21/h1-9,18,22,25,31H,10-17,19-20H2. The number of aliphatic hydroxyl groups is 1. The van der Waals surface area contributed by atoms with Gasteiger partial charge in [0.1, 0.15) is 18.5 Å². The zero-order chi connectivity index (χ0) is 23.8. The lowest BCUT2D eigenvalue weighted by atomic mass is 9.89. The lowest BCUT2D eigenvalue weighted by Crippen LogP contribution is -2.40. The zero-order valence-corrected chi connectivity index (χ0v) is 20.2. The Hall–Kier alpha value is -2.38. The number of hydrogen-bond acceptors (Lipinski definition) is 5. The zero-order valence-electron chi connectivity index (χ0n) is 19.4. The van der Waals surface area contributed by atoms with Gasteiger partial charge in [-0.3, -0.25) is 4.79 Å². The number of amides is 1. The smallest absolute Gasteiger partial charge is 0.246 e. The lowest BCUT2D eigenvalue weighted by molar-refractivity contribution is -0.129. The van der Waals surface area contributed by atoms with Crippen LogP contribution in [0, 0.1) is 0 Å². The van der Waals surface area contributed by atoms with Gasteiger partial charge in [-0.25, -0.2) is 0 Å². The van der Waals surface area contributed by atoms with Gasteiger partial charge in [0.2, 0.25) is 5.91 Å². The van der Waals surface area contributed by atoms with Crippen LogP contribution in [0.2, 0.25) is 5.02 Å². The highest BCUT2D eigenvalue weighted by molar-refractivity contribution is 6.30. The Morgan fingerprint density at radius 2 is 1.85 bits per heavy atom. The van der Waals surface area contributed by atoms with Crippen molar-refractivity contribution in [3.05, 3.63) is 70.8 Å². The van der Waals surface area contributed by atoms with Crippen LogP contribution in [0.4, 0.5) is 0 Å². The minimum Gasteiger partial charge on any atom is -0.490 e. The highest BCUT2D eigenvalue weighted by Crippen LogP contribution is 2.28. The van der Waals surface area contributed by atoms with Crippen molar-refractivity contribution >= 4 is 23.6 Å². The van der Waals surface area contributed by atoms with E-state index in [1.165, 1.54) is 11.6 Å². The molecule has 2 fully saturated rings.